The lowest BCUT2D eigenvalue weighted by atomic mass is 9.98. The Morgan fingerprint density at radius 3 is 2.07 bits per heavy atom. The van der Waals surface area contributed by atoms with Gasteiger partial charge in [0.05, 0.1) is 36.7 Å². The summed E-state index contributed by atoms with van der Waals surface area (Å²) >= 11 is 2.51. The number of aryl methyl sites for hydroxylation is 7. The van der Waals surface area contributed by atoms with E-state index < -0.39 is 20.2 Å². The number of nitriles is 1. The van der Waals surface area contributed by atoms with Crippen molar-refractivity contribution in [2.75, 3.05) is 10.2 Å². The summed E-state index contributed by atoms with van der Waals surface area (Å²) in [6.45, 7) is 15.1. The SMILES string of the molecule is CCc1cc(C)cc(CC)c1Nc1nc(N(c2nc3ccc(S(=O)(=O)O)cc3s2)c2c(CC)cc(C)c(S(=O)(=O)O)c2CC)cc(C)c1N=Nc1c(C#N)c(C)nn1-c1nc2ccccc2s1. The summed E-state index contributed by atoms with van der Waals surface area (Å²) in [5, 5.41) is 29.0. The normalized spacial score (nSPS) is 12.1. The van der Waals surface area contributed by atoms with Crippen molar-refractivity contribution >= 4 is 103 Å². The molecule has 0 aliphatic carbocycles. The minimum absolute atomic E-state index is 0.172. The minimum atomic E-state index is -4.75. The summed E-state index contributed by atoms with van der Waals surface area (Å²) in [7, 11) is -9.32. The molecule has 0 radical (unpaired) electrons. The second-order valence-electron chi connectivity index (χ2n) is 15.9. The van der Waals surface area contributed by atoms with Crippen LogP contribution < -0.4 is 10.2 Å². The van der Waals surface area contributed by atoms with Crippen LogP contribution in [0, 0.1) is 39.0 Å². The number of hydrogen-bond donors (Lipinski definition) is 3. The lowest BCUT2D eigenvalue weighted by molar-refractivity contribution is 0.480. The molecule has 0 bridgehead atoms. The Balaban J connectivity index is 1.43. The van der Waals surface area contributed by atoms with E-state index in [1.165, 1.54) is 34.2 Å². The zero-order chi connectivity index (χ0) is 48.1. The lowest BCUT2D eigenvalue weighted by Crippen LogP contribution is -2.19. The molecule has 4 heterocycles. The maximum atomic E-state index is 13.2. The van der Waals surface area contributed by atoms with Gasteiger partial charge in [-0.1, -0.05) is 86.3 Å². The van der Waals surface area contributed by atoms with Crippen molar-refractivity contribution in [2.45, 2.75) is 90.9 Å². The molecular weight excluding hydrogens is 929 g/mol. The molecule has 0 saturated heterocycles. The summed E-state index contributed by atoms with van der Waals surface area (Å²) < 4.78 is 74.5. The van der Waals surface area contributed by atoms with Gasteiger partial charge in [-0.05, 0) is 123 Å². The largest absolute Gasteiger partial charge is 0.338 e. The van der Waals surface area contributed by atoms with Gasteiger partial charge in [0.2, 0.25) is 5.13 Å². The van der Waals surface area contributed by atoms with Gasteiger partial charge < -0.3 is 5.32 Å². The molecule has 16 nitrogen and oxygen atoms in total. The van der Waals surface area contributed by atoms with Crippen molar-refractivity contribution in [1.29, 1.82) is 5.26 Å². The van der Waals surface area contributed by atoms with E-state index >= 15 is 0 Å². The average molecular weight is 975 g/mol. The first-order chi connectivity index (χ1) is 31.9. The number of azo groups is 1. The van der Waals surface area contributed by atoms with Crippen molar-refractivity contribution in [3.63, 3.8) is 0 Å². The third-order valence-electron chi connectivity index (χ3n) is 11.4. The van der Waals surface area contributed by atoms with Gasteiger partial charge in [-0.25, -0.2) is 15.0 Å². The van der Waals surface area contributed by atoms with Gasteiger partial charge in [0.15, 0.2) is 16.8 Å². The molecule has 3 N–H and O–H groups in total. The molecule has 344 valence electrons. The van der Waals surface area contributed by atoms with Crippen molar-refractivity contribution in [2.24, 2.45) is 10.2 Å². The highest BCUT2D eigenvalue weighted by Crippen LogP contribution is 2.47. The average Bonchev–Trinajstić information content (AvgIpc) is 4.00. The third kappa shape index (κ3) is 8.93. The monoisotopic (exact) mass is 974 g/mol. The smallest absolute Gasteiger partial charge is 0.295 e. The van der Waals surface area contributed by atoms with Crippen molar-refractivity contribution in [1.82, 2.24) is 24.7 Å². The van der Waals surface area contributed by atoms with E-state index in [2.05, 4.69) is 42.5 Å². The van der Waals surface area contributed by atoms with Gasteiger partial charge in [0.1, 0.15) is 28.0 Å². The summed E-state index contributed by atoms with van der Waals surface area (Å²) in [6, 6.07) is 21.7. The van der Waals surface area contributed by atoms with Crippen LogP contribution in [0.25, 0.3) is 25.6 Å². The number of hydrogen-bond acceptors (Lipinski definition) is 15. The van der Waals surface area contributed by atoms with Crippen LogP contribution >= 0.6 is 22.7 Å². The first-order valence-corrected chi connectivity index (χ1v) is 25.9. The second kappa shape index (κ2) is 18.3. The topological polar surface area (TPSA) is 229 Å². The zero-order valence-electron chi connectivity index (χ0n) is 37.9. The van der Waals surface area contributed by atoms with Gasteiger partial charge >= 0.3 is 0 Å². The highest BCUT2D eigenvalue weighted by molar-refractivity contribution is 7.86. The van der Waals surface area contributed by atoms with Crippen molar-refractivity contribution < 1.29 is 25.9 Å². The van der Waals surface area contributed by atoms with E-state index in [-0.39, 0.29) is 44.4 Å². The molecule has 0 atom stereocenters. The molecule has 67 heavy (non-hydrogen) atoms. The minimum Gasteiger partial charge on any atom is -0.338 e. The van der Waals surface area contributed by atoms with Crippen LogP contribution in [0.15, 0.2) is 86.7 Å². The Hall–Kier alpha value is -6.47. The predicted molar refractivity (Wildman–Crippen MR) is 264 cm³/mol. The molecular formula is C47H46N10O6S4. The molecule has 0 aliphatic rings. The standard InChI is InChI=1S/C47H46N10O6S4/c1-9-29-19-25(5)20-30(10-2)41(29)52-44-40(53-54-45-34(24-48)28(8)55-57(45)47-50-35-15-13-14-16-37(35)64-47)26(6)22-39(51-44)56(46-49-36-18-17-32(66(58,59)60)23-38(36)65-46)42-31(11-3)21-27(7)43(33(42)12-4)67(61,62)63/h13-23H,9-12H2,1-8H3,(H,51,52)(H,58,59,60)(H,61,62,63). The van der Waals surface area contributed by atoms with Crippen LogP contribution in [-0.4, -0.2) is 50.7 Å². The molecule has 0 spiro atoms. The Morgan fingerprint density at radius 1 is 0.761 bits per heavy atom. The quantitative estimate of drug-likeness (QED) is 0.0681. The highest BCUT2D eigenvalue weighted by atomic mass is 32.2. The van der Waals surface area contributed by atoms with Gasteiger partial charge in [0.25, 0.3) is 20.2 Å². The lowest BCUT2D eigenvalue weighted by Gasteiger charge is -2.29. The molecule has 0 aliphatic heterocycles. The van der Waals surface area contributed by atoms with E-state index in [9.17, 15) is 31.2 Å². The molecule has 0 amide bonds. The van der Waals surface area contributed by atoms with Crippen LogP contribution in [0.1, 0.15) is 77.9 Å². The van der Waals surface area contributed by atoms with Crippen LogP contribution in [0.4, 0.5) is 39.6 Å². The summed E-state index contributed by atoms with van der Waals surface area (Å²) in [5.74, 6) is 0.718. The summed E-state index contributed by atoms with van der Waals surface area (Å²) in [4.78, 5) is 16.2. The van der Waals surface area contributed by atoms with Gasteiger partial charge in [-0.3, -0.25) is 14.0 Å². The van der Waals surface area contributed by atoms with Crippen LogP contribution in [-0.2, 0) is 45.9 Å². The van der Waals surface area contributed by atoms with Crippen molar-refractivity contribution in [3.8, 4) is 11.2 Å². The number of para-hydroxylation sites is 1. The van der Waals surface area contributed by atoms with Gasteiger partial charge in [-0.15, -0.1) is 10.2 Å². The first kappa shape index (κ1) is 47.0. The van der Waals surface area contributed by atoms with Crippen LogP contribution in [0.5, 0.6) is 0 Å². The predicted octanol–water partition coefficient (Wildman–Crippen LogP) is 12.0. The number of nitrogens with zero attached hydrogens (tertiary/aromatic N) is 9. The molecule has 0 saturated carbocycles. The van der Waals surface area contributed by atoms with E-state index in [0.717, 1.165) is 49.5 Å². The highest BCUT2D eigenvalue weighted by Gasteiger charge is 2.31. The second-order valence-corrected chi connectivity index (χ2v) is 20.7. The first-order valence-electron chi connectivity index (χ1n) is 21.4. The molecule has 0 unspecified atom stereocenters. The van der Waals surface area contributed by atoms with E-state index in [1.54, 1.807) is 37.8 Å². The van der Waals surface area contributed by atoms with Gasteiger partial charge in [-0.2, -0.15) is 31.9 Å². The Labute approximate surface area is 396 Å². The molecule has 0 fully saturated rings. The maximum absolute atomic E-state index is 13.2. The fraction of sp³-hybridized carbons (Fsp3) is 0.255. The third-order valence-corrected chi connectivity index (χ3v) is 15.3. The van der Waals surface area contributed by atoms with Crippen molar-refractivity contribution in [3.05, 3.63) is 117 Å². The van der Waals surface area contributed by atoms with E-state index in [4.69, 9.17) is 25.2 Å². The Morgan fingerprint density at radius 2 is 1.45 bits per heavy atom. The van der Waals surface area contributed by atoms with E-state index in [1.807, 2.05) is 45.0 Å². The number of thiazole rings is 2. The number of anilines is 5. The molecule has 8 rings (SSSR count). The number of pyridine rings is 1. The molecule has 8 aromatic rings. The van der Waals surface area contributed by atoms with Crippen LogP contribution in [0.3, 0.4) is 0 Å². The van der Waals surface area contributed by atoms with Gasteiger partial charge in [0, 0.05) is 5.69 Å². The maximum Gasteiger partial charge on any atom is 0.295 e. The Kier molecular flexibility index (Phi) is 12.9. The number of fused-ring (bicyclic) bond motifs is 2. The molecule has 20 heteroatoms. The Bertz CT molecular complexity index is 3530. The number of benzene rings is 4. The van der Waals surface area contributed by atoms with E-state index in [0.29, 0.717) is 68.4 Å². The molecule has 4 aromatic carbocycles. The number of rotatable bonds is 14. The fourth-order valence-electron chi connectivity index (χ4n) is 8.30. The van der Waals surface area contributed by atoms with Crippen LogP contribution in [0.2, 0.25) is 0 Å². The number of nitrogens with one attached hydrogen (secondary N) is 1. The zero-order valence-corrected chi connectivity index (χ0v) is 41.1. The summed E-state index contributed by atoms with van der Waals surface area (Å²) in [6.07, 6.45) is 1.98. The summed E-state index contributed by atoms with van der Waals surface area (Å²) in [5.41, 5.74) is 8.49. The molecule has 4 aromatic heterocycles. The number of aromatic nitrogens is 5. The fourth-order valence-corrected chi connectivity index (χ4v) is 11.8.